The molecule has 0 spiro atoms. The minimum Gasteiger partial charge on any atom is -0.315 e. The first-order chi connectivity index (χ1) is 8.09. The van der Waals surface area contributed by atoms with Gasteiger partial charge in [-0.25, -0.2) is 13.1 Å². The summed E-state index contributed by atoms with van der Waals surface area (Å²) in [4.78, 5) is 0. The van der Waals surface area contributed by atoms with E-state index in [0.29, 0.717) is 13.1 Å². The number of hydrogen-bond donors (Lipinski definition) is 2. The van der Waals surface area contributed by atoms with Crippen LogP contribution >= 0.6 is 11.3 Å². The third-order valence-electron chi connectivity index (χ3n) is 3.12. The van der Waals surface area contributed by atoms with Gasteiger partial charge in [-0.2, -0.15) is 11.3 Å². The van der Waals surface area contributed by atoms with Gasteiger partial charge in [-0.3, -0.25) is 0 Å². The van der Waals surface area contributed by atoms with E-state index < -0.39 is 10.0 Å². The fraction of sp³-hybridized carbons (Fsp3) is 0.636. The van der Waals surface area contributed by atoms with Crippen molar-refractivity contribution in [3.8, 4) is 0 Å². The Kier molecular flexibility index (Phi) is 4.19. The van der Waals surface area contributed by atoms with Gasteiger partial charge in [-0.05, 0) is 48.2 Å². The van der Waals surface area contributed by atoms with Crippen LogP contribution in [0.25, 0.3) is 0 Å². The molecule has 0 aliphatic carbocycles. The molecule has 2 rings (SSSR count). The van der Waals surface area contributed by atoms with Gasteiger partial charge in [0.25, 0.3) is 0 Å². The van der Waals surface area contributed by atoms with Gasteiger partial charge in [-0.1, -0.05) is 0 Å². The van der Waals surface area contributed by atoms with Crippen molar-refractivity contribution in [3.05, 3.63) is 21.9 Å². The molecule has 0 radical (unpaired) electrons. The van der Waals surface area contributed by atoms with Gasteiger partial charge < -0.3 is 5.32 Å². The van der Waals surface area contributed by atoms with Gasteiger partial charge in [-0.15, -0.1) is 0 Å². The molecule has 1 fully saturated rings. The van der Waals surface area contributed by atoms with Crippen molar-refractivity contribution in [2.75, 3.05) is 13.1 Å². The van der Waals surface area contributed by atoms with E-state index in [2.05, 4.69) is 10.0 Å². The van der Waals surface area contributed by atoms with Crippen LogP contribution in [0.15, 0.2) is 10.8 Å². The lowest BCUT2D eigenvalue weighted by Crippen LogP contribution is -2.44. The van der Waals surface area contributed by atoms with Gasteiger partial charge >= 0.3 is 0 Å². The fourth-order valence-electron chi connectivity index (χ4n) is 1.95. The van der Waals surface area contributed by atoms with E-state index in [1.54, 1.807) is 11.3 Å². The highest BCUT2D eigenvalue weighted by atomic mass is 32.2. The largest absolute Gasteiger partial charge is 0.315 e. The fourth-order valence-corrected chi connectivity index (χ4v) is 4.21. The number of nitrogens with one attached hydrogen (secondary N) is 2. The molecule has 1 saturated heterocycles. The zero-order valence-electron chi connectivity index (χ0n) is 9.90. The summed E-state index contributed by atoms with van der Waals surface area (Å²) in [5.41, 5.74) is 2.22. The first-order valence-electron chi connectivity index (χ1n) is 5.80. The van der Waals surface area contributed by atoms with Crippen molar-refractivity contribution >= 4 is 21.4 Å². The summed E-state index contributed by atoms with van der Waals surface area (Å²) in [5, 5.41) is 6.88. The topological polar surface area (TPSA) is 58.2 Å². The van der Waals surface area contributed by atoms with E-state index in [1.165, 1.54) is 0 Å². The lowest BCUT2D eigenvalue weighted by molar-refractivity contribution is 0.490. The van der Waals surface area contributed by atoms with E-state index in [4.69, 9.17) is 0 Å². The van der Waals surface area contributed by atoms with E-state index in [0.717, 1.165) is 30.5 Å². The minimum absolute atomic E-state index is 0.282. The summed E-state index contributed by atoms with van der Waals surface area (Å²) in [6, 6.07) is 0. The summed E-state index contributed by atoms with van der Waals surface area (Å²) in [5.74, 6) is 0. The minimum atomic E-state index is -3.18. The Morgan fingerprint density at radius 1 is 1.53 bits per heavy atom. The molecule has 0 amide bonds. The molecule has 1 aromatic heterocycles. The Morgan fingerprint density at radius 2 is 2.35 bits per heavy atom. The highest BCUT2D eigenvalue weighted by molar-refractivity contribution is 7.90. The molecule has 1 aliphatic heterocycles. The molecule has 1 atom stereocenters. The van der Waals surface area contributed by atoms with Gasteiger partial charge in [0.15, 0.2) is 0 Å². The zero-order chi connectivity index (χ0) is 12.3. The van der Waals surface area contributed by atoms with E-state index in [9.17, 15) is 8.42 Å². The maximum Gasteiger partial charge on any atom is 0.216 e. The summed E-state index contributed by atoms with van der Waals surface area (Å²) >= 11 is 1.61. The average Bonchev–Trinajstić information content (AvgIpc) is 2.74. The standard InChI is InChI=1S/C11H18N2O2S2/c1-9-7-16-8-10(9)5-13-17(14,15)11-3-2-4-12-6-11/h7-8,11-13H,2-6H2,1H3. The Balaban J connectivity index is 1.95. The molecule has 2 heterocycles. The second-order valence-electron chi connectivity index (χ2n) is 4.41. The molecular formula is C11H18N2O2S2. The Bertz CT molecular complexity index is 462. The monoisotopic (exact) mass is 274 g/mol. The second-order valence-corrected chi connectivity index (χ2v) is 7.20. The van der Waals surface area contributed by atoms with Crippen molar-refractivity contribution < 1.29 is 8.42 Å². The maximum atomic E-state index is 12.0. The van der Waals surface area contributed by atoms with Gasteiger partial charge in [0.2, 0.25) is 10.0 Å². The molecular weight excluding hydrogens is 256 g/mol. The first-order valence-corrected chi connectivity index (χ1v) is 8.29. The quantitative estimate of drug-likeness (QED) is 0.868. The maximum absolute atomic E-state index is 12.0. The summed E-state index contributed by atoms with van der Waals surface area (Å²) in [6.45, 7) is 3.91. The Hall–Kier alpha value is -0.430. The summed E-state index contributed by atoms with van der Waals surface area (Å²) < 4.78 is 26.8. The SMILES string of the molecule is Cc1cscc1CNS(=O)(=O)C1CCCNC1. The van der Waals surface area contributed by atoms with Crippen molar-refractivity contribution in [1.82, 2.24) is 10.0 Å². The van der Waals surface area contributed by atoms with Crippen LogP contribution in [0.4, 0.5) is 0 Å². The van der Waals surface area contributed by atoms with Gasteiger partial charge in [0.1, 0.15) is 0 Å². The summed E-state index contributed by atoms with van der Waals surface area (Å²) in [6.07, 6.45) is 1.69. The molecule has 17 heavy (non-hydrogen) atoms. The first kappa shape index (κ1) is 13.0. The predicted octanol–water partition coefficient (Wildman–Crippen LogP) is 1.23. The van der Waals surface area contributed by atoms with Crippen molar-refractivity contribution in [2.24, 2.45) is 0 Å². The summed E-state index contributed by atoms with van der Waals surface area (Å²) in [7, 11) is -3.18. The molecule has 1 aromatic rings. The van der Waals surface area contributed by atoms with Gasteiger partial charge in [0.05, 0.1) is 5.25 Å². The number of hydrogen-bond acceptors (Lipinski definition) is 4. The normalized spacial score (nSPS) is 21.6. The van der Waals surface area contributed by atoms with Crippen LogP contribution in [0.2, 0.25) is 0 Å². The predicted molar refractivity (Wildman–Crippen MR) is 70.7 cm³/mol. The zero-order valence-corrected chi connectivity index (χ0v) is 11.5. The number of rotatable bonds is 4. The van der Waals surface area contributed by atoms with Crippen LogP contribution in [0.5, 0.6) is 0 Å². The molecule has 1 aliphatic rings. The third-order valence-corrected chi connectivity index (χ3v) is 5.85. The molecule has 6 heteroatoms. The molecule has 0 saturated carbocycles. The smallest absolute Gasteiger partial charge is 0.216 e. The molecule has 0 bridgehead atoms. The Labute approximate surface area is 106 Å². The average molecular weight is 274 g/mol. The van der Waals surface area contributed by atoms with Crippen LogP contribution < -0.4 is 10.0 Å². The van der Waals surface area contributed by atoms with E-state index in [-0.39, 0.29) is 5.25 Å². The van der Waals surface area contributed by atoms with E-state index in [1.807, 2.05) is 17.7 Å². The van der Waals surface area contributed by atoms with E-state index >= 15 is 0 Å². The lowest BCUT2D eigenvalue weighted by Gasteiger charge is -2.23. The van der Waals surface area contributed by atoms with Crippen LogP contribution in [0.3, 0.4) is 0 Å². The van der Waals surface area contributed by atoms with Crippen molar-refractivity contribution in [3.63, 3.8) is 0 Å². The number of aryl methyl sites for hydroxylation is 1. The molecule has 4 nitrogen and oxygen atoms in total. The van der Waals surface area contributed by atoms with Crippen LogP contribution in [0.1, 0.15) is 24.0 Å². The molecule has 1 unspecified atom stereocenters. The second kappa shape index (κ2) is 5.48. The lowest BCUT2D eigenvalue weighted by atomic mass is 10.2. The number of sulfonamides is 1. The number of piperidine rings is 1. The molecule has 96 valence electrons. The van der Waals surface area contributed by atoms with Crippen molar-refractivity contribution in [2.45, 2.75) is 31.6 Å². The van der Waals surface area contributed by atoms with Crippen LogP contribution in [-0.2, 0) is 16.6 Å². The number of thiophene rings is 1. The highest BCUT2D eigenvalue weighted by Crippen LogP contribution is 2.15. The highest BCUT2D eigenvalue weighted by Gasteiger charge is 2.26. The Morgan fingerprint density at radius 3 is 2.94 bits per heavy atom. The van der Waals surface area contributed by atoms with Crippen LogP contribution in [-0.4, -0.2) is 26.8 Å². The van der Waals surface area contributed by atoms with Crippen LogP contribution in [0, 0.1) is 6.92 Å². The molecule has 2 N–H and O–H groups in total. The van der Waals surface area contributed by atoms with Gasteiger partial charge in [0, 0.05) is 13.1 Å². The van der Waals surface area contributed by atoms with Crippen molar-refractivity contribution in [1.29, 1.82) is 0 Å². The third kappa shape index (κ3) is 3.28. The molecule has 0 aromatic carbocycles.